The molecule has 0 rings (SSSR count). The zero-order valence-corrected chi connectivity index (χ0v) is 7.87. The minimum absolute atomic E-state index is 0.348. The van der Waals surface area contributed by atoms with Crippen LogP contribution >= 0.6 is 0 Å². The minimum atomic E-state index is -1.12. The summed E-state index contributed by atoms with van der Waals surface area (Å²) in [6.07, 6.45) is -0.338. The number of aliphatic hydroxyl groups is 1. The topological polar surface area (TPSA) is 58.9 Å². The zero-order chi connectivity index (χ0) is 9.78. The van der Waals surface area contributed by atoms with E-state index in [1.54, 1.807) is 6.92 Å². The van der Waals surface area contributed by atoms with Crippen molar-refractivity contribution < 1.29 is 14.6 Å². The second-order valence-corrected chi connectivity index (χ2v) is 3.57. The van der Waals surface area contributed by atoms with Gasteiger partial charge in [-0.15, -0.1) is 0 Å². The molecule has 0 aromatic rings. The molecule has 0 aromatic heterocycles. The van der Waals surface area contributed by atoms with Crippen molar-refractivity contribution in [3.63, 3.8) is 0 Å². The van der Waals surface area contributed by atoms with E-state index in [9.17, 15) is 4.79 Å². The summed E-state index contributed by atoms with van der Waals surface area (Å²) in [6.45, 7) is 7.24. The van der Waals surface area contributed by atoms with Crippen molar-refractivity contribution >= 4 is 6.08 Å². The first-order valence-corrected chi connectivity index (χ1v) is 3.79. The van der Waals surface area contributed by atoms with Gasteiger partial charge in [-0.2, -0.15) is 4.99 Å². The predicted molar refractivity (Wildman–Crippen MR) is 44.4 cm³/mol. The molecule has 0 heterocycles. The van der Waals surface area contributed by atoms with Crippen LogP contribution in [0.2, 0.25) is 0 Å². The number of hydrogen-bond donors (Lipinski definition) is 1. The standard InChI is InChI=1S/C8H15NO3/c1-6(7(11)9-5-10)12-8(2,3)4/h6-7,11H,1-4H3. The Morgan fingerprint density at radius 3 is 2.33 bits per heavy atom. The highest BCUT2D eigenvalue weighted by Gasteiger charge is 2.20. The third-order valence-electron chi connectivity index (χ3n) is 1.14. The third-order valence-corrected chi connectivity index (χ3v) is 1.14. The van der Waals surface area contributed by atoms with Gasteiger partial charge < -0.3 is 9.84 Å². The lowest BCUT2D eigenvalue weighted by Crippen LogP contribution is -2.32. The molecule has 0 radical (unpaired) electrons. The average molecular weight is 173 g/mol. The molecule has 0 amide bonds. The molecule has 2 unspecified atom stereocenters. The third kappa shape index (κ3) is 5.02. The molecule has 1 N–H and O–H groups in total. The van der Waals surface area contributed by atoms with Gasteiger partial charge in [0.2, 0.25) is 6.08 Å². The maximum Gasteiger partial charge on any atom is 0.237 e. The highest BCUT2D eigenvalue weighted by atomic mass is 16.5. The average Bonchev–Trinajstić information content (AvgIpc) is 1.84. The van der Waals surface area contributed by atoms with E-state index in [1.807, 2.05) is 20.8 Å². The van der Waals surface area contributed by atoms with E-state index in [1.165, 1.54) is 6.08 Å². The van der Waals surface area contributed by atoms with Crippen molar-refractivity contribution in [3.8, 4) is 0 Å². The fourth-order valence-electron chi connectivity index (χ4n) is 0.777. The lowest BCUT2D eigenvalue weighted by atomic mass is 10.2. The summed E-state index contributed by atoms with van der Waals surface area (Å²) in [7, 11) is 0. The quantitative estimate of drug-likeness (QED) is 0.508. The van der Waals surface area contributed by atoms with Gasteiger partial charge in [-0.3, -0.25) is 0 Å². The summed E-state index contributed by atoms with van der Waals surface area (Å²) in [5.74, 6) is 0. The predicted octanol–water partition coefficient (Wildman–Crippen LogP) is 0.844. The van der Waals surface area contributed by atoms with Crippen LogP contribution in [0.3, 0.4) is 0 Å². The van der Waals surface area contributed by atoms with Gasteiger partial charge in [0, 0.05) is 0 Å². The molecule has 0 bridgehead atoms. The molecule has 0 fully saturated rings. The first kappa shape index (κ1) is 11.3. The molecule has 0 aliphatic rings. The van der Waals surface area contributed by atoms with Gasteiger partial charge >= 0.3 is 0 Å². The number of hydrogen-bond acceptors (Lipinski definition) is 4. The second kappa shape index (κ2) is 4.36. The molecule has 0 spiro atoms. The van der Waals surface area contributed by atoms with E-state index in [-0.39, 0.29) is 5.60 Å². The van der Waals surface area contributed by atoms with Crippen molar-refractivity contribution in [2.45, 2.75) is 45.6 Å². The number of aliphatic imine (C=N–C) groups is 1. The molecule has 4 heteroatoms. The maximum atomic E-state index is 9.78. The largest absolute Gasteiger partial charge is 0.369 e. The fourth-order valence-corrected chi connectivity index (χ4v) is 0.777. The van der Waals surface area contributed by atoms with E-state index in [0.29, 0.717) is 0 Å². The van der Waals surface area contributed by atoms with Crippen molar-refractivity contribution in [1.29, 1.82) is 0 Å². The van der Waals surface area contributed by atoms with Crippen LogP contribution in [-0.4, -0.2) is 29.1 Å². The second-order valence-electron chi connectivity index (χ2n) is 3.57. The summed E-state index contributed by atoms with van der Waals surface area (Å²) in [6, 6.07) is 0. The minimum Gasteiger partial charge on any atom is -0.369 e. The molecule has 70 valence electrons. The SMILES string of the molecule is CC(OC(C)(C)C)C(O)N=C=O. The van der Waals surface area contributed by atoms with E-state index in [0.717, 1.165) is 0 Å². The summed E-state index contributed by atoms with van der Waals surface area (Å²) in [5.41, 5.74) is -0.348. The van der Waals surface area contributed by atoms with Gasteiger partial charge in [0.1, 0.15) is 6.10 Å². The van der Waals surface area contributed by atoms with Crippen LogP contribution in [0.25, 0.3) is 0 Å². The summed E-state index contributed by atoms with van der Waals surface area (Å²) >= 11 is 0. The van der Waals surface area contributed by atoms with E-state index < -0.39 is 12.3 Å². The molecule has 0 saturated carbocycles. The van der Waals surface area contributed by atoms with Gasteiger partial charge in [0.15, 0.2) is 6.23 Å². The molecule has 4 nitrogen and oxygen atoms in total. The van der Waals surface area contributed by atoms with Gasteiger partial charge in [0.05, 0.1) is 5.60 Å². The molecule has 0 aliphatic carbocycles. The Labute approximate surface area is 72.3 Å². The van der Waals surface area contributed by atoms with Crippen LogP contribution in [0, 0.1) is 0 Å². The molecule has 2 atom stereocenters. The van der Waals surface area contributed by atoms with Crippen LogP contribution in [0.1, 0.15) is 27.7 Å². The first-order valence-electron chi connectivity index (χ1n) is 3.79. The van der Waals surface area contributed by atoms with Crippen molar-refractivity contribution in [3.05, 3.63) is 0 Å². The monoisotopic (exact) mass is 173 g/mol. The number of rotatable bonds is 3. The first-order chi connectivity index (χ1) is 5.37. The van der Waals surface area contributed by atoms with E-state index >= 15 is 0 Å². The summed E-state index contributed by atoms with van der Waals surface area (Å²) in [5, 5.41) is 9.13. The number of nitrogens with zero attached hydrogens (tertiary/aromatic N) is 1. The number of carbonyl (C=O) groups excluding carboxylic acids is 1. The Morgan fingerprint density at radius 2 is 2.00 bits per heavy atom. The normalized spacial score (nSPS) is 16.4. The lowest BCUT2D eigenvalue weighted by molar-refractivity contribution is -0.0989. The number of isocyanates is 1. The van der Waals surface area contributed by atoms with Gasteiger partial charge in [-0.05, 0) is 27.7 Å². The Kier molecular flexibility index (Phi) is 4.10. The highest BCUT2D eigenvalue weighted by Crippen LogP contribution is 2.12. The van der Waals surface area contributed by atoms with Crippen molar-refractivity contribution in [2.75, 3.05) is 0 Å². The summed E-state index contributed by atoms with van der Waals surface area (Å²) < 4.78 is 5.33. The smallest absolute Gasteiger partial charge is 0.237 e. The Hall–Kier alpha value is -0.700. The van der Waals surface area contributed by atoms with Crippen LogP contribution in [0.4, 0.5) is 0 Å². The lowest BCUT2D eigenvalue weighted by Gasteiger charge is -2.25. The Morgan fingerprint density at radius 1 is 1.50 bits per heavy atom. The molecule has 12 heavy (non-hydrogen) atoms. The van der Waals surface area contributed by atoms with Crippen LogP contribution in [0.5, 0.6) is 0 Å². The highest BCUT2D eigenvalue weighted by molar-refractivity contribution is 5.33. The molecule has 0 saturated heterocycles. The van der Waals surface area contributed by atoms with Crippen LogP contribution < -0.4 is 0 Å². The van der Waals surface area contributed by atoms with Crippen LogP contribution in [-0.2, 0) is 9.53 Å². The van der Waals surface area contributed by atoms with Gasteiger partial charge in [0.25, 0.3) is 0 Å². The Balaban J connectivity index is 4.03. The fraction of sp³-hybridized carbons (Fsp3) is 0.875. The van der Waals surface area contributed by atoms with Gasteiger partial charge in [-0.1, -0.05) is 0 Å². The molecular weight excluding hydrogens is 158 g/mol. The van der Waals surface area contributed by atoms with Crippen LogP contribution in [0.15, 0.2) is 4.99 Å². The van der Waals surface area contributed by atoms with Crippen molar-refractivity contribution in [2.24, 2.45) is 4.99 Å². The molecule has 0 aromatic carbocycles. The zero-order valence-electron chi connectivity index (χ0n) is 7.87. The maximum absolute atomic E-state index is 9.78. The van der Waals surface area contributed by atoms with E-state index in [2.05, 4.69) is 4.99 Å². The number of ether oxygens (including phenoxy) is 1. The van der Waals surface area contributed by atoms with E-state index in [4.69, 9.17) is 9.84 Å². The van der Waals surface area contributed by atoms with Gasteiger partial charge in [-0.25, -0.2) is 4.79 Å². The number of aliphatic hydroxyl groups excluding tert-OH is 1. The molecular formula is C8H15NO3. The Bertz CT molecular complexity index is 179. The summed E-state index contributed by atoms with van der Waals surface area (Å²) in [4.78, 5) is 12.9. The van der Waals surface area contributed by atoms with Crippen molar-refractivity contribution in [1.82, 2.24) is 0 Å². The molecule has 0 aliphatic heterocycles.